The quantitative estimate of drug-likeness (QED) is 0.780. The number of nitrogens with two attached hydrogens (primary N) is 1. The van der Waals surface area contributed by atoms with Crippen LogP contribution in [-0.2, 0) is 6.42 Å². The molecule has 0 spiro atoms. The number of nitrogens with zero attached hydrogens (tertiary/aromatic N) is 1. The predicted molar refractivity (Wildman–Crippen MR) is 84.5 cm³/mol. The van der Waals surface area contributed by atoms with E-state index in [1.54, 1.807) is 0 Å². The van der Waals surface area contributed by atoms with E-state index in [2.05, 4.69) is 47.4 Å². The van der Waals surface area contributed by atoms with Gasteiger partial charge in [-0.2, -0.15) is 0 Å². The van der Waals surface area contributed by atoms with Gasteiger partial charge in [0, 0.05) is 17.6 Å². The van der Waals surface area contributed by atoms with Crippen molar-refractivity contribution in [3.8, 4) is 11.1 Å². The van der Waals surface area contributed by atoms with Crippen molar-refractivity contribution in [1.82, 2.24) is 4.98 Å². The summed E-state index contributed by atoms with van der Waals surface area (Å²) >= 11 is 0. The molecule has 0 amide bonds. The van der Waals surface area contributed by atoms with Gasteiger partial charge in [0.1, 0.15) is 0 Å². The van der Waals surface area contributed by atoms with Gasteiger partial charge in [-0.25, -0.2) is 0 Å². The van der Waals surface area contributed by atoms with E-state index in [4.69, 9.17) is 5.73 Å². The molecule has 0 aliphatic heterocycles. The van der Waals surface area contributed by atoms with E-state index in [-0.39, 0.29) is 6.04 Å². The van der Waals surface area contributed by atoms with Gasteiger partial charge in [0.15, 0.2) is 0 Å². The summed E-state index contributed by atoms with van der Waals surface area (Å²) in [4.78, 5) is 4.41. The monoisotopic (exact) mass is 262 g/mol. The van der Waals surface area contributed by atoms with Crippen LogP contribution in [0.4, 0.5) is 0 Å². The molecule has 0 aliphatic rings. The lowest BCUT2D eigenvalue weighted by molar-refractivity contribution is 0.738. The van der Waals surface area contributed by atoms with E-state index in [1.165, 1.54) is 22.1 Å². The van der Waals surface area contributed by atoms with Crippen molar-refractivity contribution >= 4 is 10.9 Å². The molecule has 0 saturated carbocycles. The smallest absolute Gasteiger partial charge is 0.0708 e. The molecule has 2 heteroatoms. The van der Waals surface area contributed by atoms with Gasteiger partial charge in [0.2, 0.25) is 0 Å². The Balaban J connectivity index is 2.03. The van der Waals surface area contributed by atoms with Crippen LogP contribution in [0, 0.1) is 0 Å². The molecule has 0 radical (unpaired) electrons. The Morgan fingerprint density at radius 1 is 1.00 bits per heavy atom. The topological polar surface area (TPSA) is 38.9 Å². The molecule has 2 nitrogen and oxygen atoms in total. The number of hydrogen-bond donors (Lipinski definition) is 1. The molecule has 100 valence electrons. The number of aromatic nitrogens is 1. The molecule has 3 rings (SSSR count). The maximum absolute atomic E-state index is 5.84. The highest BCUT2D eigenvalue weighted by molar-refractivity contribution is 5.94. The second-order valence-corrected chi connectivity index (χ2v) is 5.25. The van der Waals surface area contributed by atoms with Crippen LogP contribution in [0.1, 0.15) is 12.5 Å². The van der Waals surface area contributed by atoms with Crippen LogP contribution >= 0.6 is 0 Å². The van der Waals surface area contributed by atoms with E-state index < -0.39 is 0 Å². The maximum atomic E-state index is 5.84. The lowest BCUT2D eigenvalue weighted by Gasteiger charge is -2.09. The summed E-state index contributed by atoms with van der Waals surface area (Å²) in [6.45, 7) is 2.03. The van der Waals surface area contributed by atoms with Crippen molar-refractivity contribution in [2.24, 2.45) is 5.73 Å². The van der Waals surface area contributed by atoms with Crippen molar-refractivity contribution in [2.45, 2.75) is 19.4 Å². The summed E-state index contributed by atoms with van der Waals surface area (Å²) in [7, 11) is 0. The van der Waals surface area contributed by atoms with Gasteiger partial charge in [-0.15, -0.1) is 0 Å². The van der Waals surface area contributed by atoms with Crippen molar-refractivity contribution in [2.75, 3.05) is 0 Å². The standard InChI is InChI=1S/C18H18N2/c1-13(19)12-14-7-9-15(10-8-14)16-4-2-6-18-17(16)5-3-11-20-18/h2-11,13H,12,19H2,1H3. The average molecular weight is 262 g/mol. The second kappa shape index (κ2) is 5.43. The summed E-state index contributed by atoms with van der Waals surface area (Å²) in [6.07, 6.45) is 2.75. The molecule has 0 saturated heterocycles. The summed E-state index contributed by atoms with van der Waals surface area (Å²) in [5, 5.41) is 1.19. The predicted octanol–water partition coefficient (Wildman–Crippen LogP) is 3.79. The lowest BCUT2D eigenvalue weighted by Crippen LogP contribution is -2.17. The molecule has 0 fully saturated rings. The third-order valence-corrected chi connectivity index (χ3v) is 3.47. The molecule has 2 aromatic carbocycles. The van der Waals surface area contributed by atoms with Gasteiger partial charge in [-0.1, -0.05) is 42.5 Å². The molecular weight excluding hydrogens is 244 g/mol. The van der Waals surface area contributed by atoms with E-state index in [1.807, 2.05) is 25.3 Å². The minimum atomic E-state index is 0.197. The largest absolute Gasteiger partial charge is 0.328 e. The summed E-state index contributed by atoms with van der Waals surface area (Å²) < 4.78 is 0. The highest BCUT2D eigenvalue weighted by Crippen LogP contribution is 2.27. The highest BCUT2D eigenvalue weighted by Gasteiger charge is 2.04. The third-order valence-electron chi connectivity index (χ3n) is 3.47. The Hall–Kier alpha value is -2.19. The van der Waals surface area contributed by atoms with Crippen LogP contribution < -0.4 is 5.73 Å². The molecule has 1 unspecified atom stereocenters. The number of fused-ring (bicyclic) bond motifs is 1. The minimum Gasteiger partial charge on any atom is -0.328 e. The Morgan fingerprint density at radius 3 is 2.55 bits per heavy atom. The fourth-order valence-corrected chi connectivity index (χ4v) is 2.55. The SMILES string of the molecule is CC(N)Cc1ccc(-c2cccc3ncccc23)cc1. The third kappa shape index (κ3) is 2.56. The lowest BCUT2D eigenvalue weighted by atomic mass is 9.98. The van der Waals surface area contributed by atoms with Gasteiger partial charge >= 0.3 is 0 Å². The van der Waals surface area contributed by atoms with E-state index >= 15 is 0 Å². The normalized spacial score (nSPS) is 12.5. The fraction of sp³-hybridized carbons (Fsp3) is 0.167. The van der Waals surface area contributed by atoms with Gasteiger partial charge in [0.25, 0.3) is 0 Å². The van der Waals surface area contributed by atoms with Gasteiger partial charge in [0.05, 0.1) is 5.52 Å². The number of rotatable bonds is 3. The van der Waals surface area contributed by atoms with Crippen LogP contribution in [0.5, 0.6) is 0 Å². The Bertz CT molecular complexity index is 710. The van der Waals surface area contributed by atoms with E-state index in [9.17, 15) is 0 Å². The van der Waals surface area contributed by atoms with Gasteiger partial charge < -0.3 is 5.73 Å². The van der Waals surface area contributed by atoms with Crippen molar-refractivity contribution in [3.63, 3.8) is 0 Å². The molecule has 1 heterocycles. The number of pyridine rings is 1. The first kappa shape index (κ1) is 12.8. The summed E-state index contributed by atoms with van der Waals surface area (Å²) in [5.74, 6) is 0. The van der Waals surface area contributed by atoms with Crippen LogP contribution in [0.3, 0.4) is 0 Å². The first-order valence-electron chi connectivity index (χ1n) is 6.93. The molecule has 0 aliphatic carbocycles. The fourth-order valence-electron chi connectivity index (χ4n) is 2.55. The maximum Gasteiger partial charge on any atom is 0.0708 e. The van der Waals surface area contributed by atoms with Crippen LogP contribution in [0.25, 0.3) is 22.0 Å². The molecule has 0 bridgehead atoms. The molecule has 1 aromatic heterocycles. The molecular formula is C18H18N2. The average Bonchev–Trinajstić information content (AvgIpc) is 2.47. The molecule has 3 aromatic rings. The van der Waals surface area contributed by atoms with E-state index in [0.717, 1.165) is 11.9 Å². The van der Waals surface area contributed by atoms with Crippen LogP contribution in [0.2, 0.25) is 0 Å². The molecule has 20 heavy (non-hydrogen) atoms. The van der Waals surface area contributed by atoms with Crippen LogP contribution in [-0.4, -0.2) is 11.0 Å². The first-order valence-corrected chi connectivity index (χ1v) is 6.93. The summed E-state index contributed by atoms with van der Waals surface area (Å²) in [6, 6.07) is 19.2. The zero-order valence-corrected chi connectivity index (χ0v) is 11.6. The van der Waals surface area contributed by atoms with Gasteiger partial charge in [-0.3, -0.25) is 4.98 Å². The van der Waals surface area contributed by atoms with Crippen molar-refractivity contribution < 1.29 is 0 Å². The second-order valence-electron chi connectivity index (χ2n) is 5.25. The van der Waals surface area contributed by atoms with Crippen molar-refractivity contribution in [3.05, 3.63) is 66.4 Å². The molecule has 2 N–H and O–H groups in total. The first-order chi connectivity index (χ1) is 9.74. The summed E-state index contributed by atoms with van der Waals surface area (Å²) in [5.41, 5.74) is 10.6. The Morgan fingerprint density at radius 2 is 1.80 bits per heavy atom. The number of benzene rings is 2. The minimum absolute atomic E-state index is 0.197. The Kier molecular flexibility index (Phi) is 3.48. The number of hydrogen-bond acceptors (Lipinski definition) is 2. The molecule has 1 atom stereocenters. The highest BCUT2D eigenvalue weighted by atomic mass is 14.6. The van der Waals surface area contributed by atoms with Gasteiger partial charge in [-0.05, 0) is 42.2 Å². The zero-order valence-electron chi connectivity index (χ0n) is 11.6. The van der Waals surface area contributed by atoms with Crippen LogP contribution in [0.15, 0.2) is 60.8 Å². The van der Waals surface area contributed by atoms with E-state index in [0.29, 0.717) is 0 Å². The van der Waals surface area contributed by atoms with Crippen molar-refractivity contribution in [1.29, 1.82) is 0 Å². The Labute approximate surface area is 119 Å². The zero-order chi connectivity index (χ0) is 13.9.